The molecule has 0 atom stereocenters. The Balaban J connectivity index is 1.52. The molecule has 0 spiro atoms. The lowest BCUT2D eigenvalue weighted by Crippen LogP contribution is -1.97. The fourth-order valence-electron chi connectivity index (χ4n) is 2.76. The number of ether oxygens (including phenoxy) is 1. The van der Waals surface area contributed by atoms with Crippen LogP contribution in [-0.4, -0.2) is 4.98 Å². The van der Waals surface area contributed by atoms with E-state index in [4.69, 9.17) is 16.3 Å². The van der Waals surface area contributed by atoms with Gasteiger partial charge in [0.2, 0.25) is 0 Å². The smallest absolute Gasteiger partial charge is 0.156 e. The molecular formula is C23H13Br2ClN2OS2. The molecule has 3 aromatic carbocycles. The summed E-state index contributed by atoms with van der Waals surface area (Å²) in [6.07, 6.45) is 1.84. The van der Waals surface area contributed by atoms with Crippen LogP contribution in [0.25, 0.3) is 16.3 Å². The largest absolute Gasteiger partial charge is 0.487 e. The summed E-state index contributed by atoms with van der Waals surface area (Å²) in [7, 11) is 0. The molecule has 8 heteroatoms. The summed E-state index contributed by atoms with van der Waals surface area (Å²) in [5.74, 6) is 0.699. The van der Waals surface area contributed by atoms with E-state index < -0.39 is 0 Å². The molecule has 4 aromatic rings. The summed E-state index contributed by atoms with van der Waals surface area (Å²) < 4.78 is 9.51. The van der Waals surface area contributed by atoms with E-state index >= 15 is 0 Å². The SMILES string of the molecule is N#C/C(=C\c1cc(Br)c(OCc2ccc(Cl)cc2)c(Br)c1)Sc1nc2ccccc2s1. The Morgan fingerprint density at radius 2 is 1.84 bits per heavy atom. The number of rotatable bonds is 6. The molecule has 0 aliphatic carbocycles. The van der Waals surface area contributed by atoms with Crippen molar-refractivity contribution in [3.8, 4) is 11.8 Å². The third-order valence-electron chi connectivity index (χ3n) is 4.20. The van der Waals surface area contributed by atoms with E-state index in [1.807, 2.05) is 66.7 Å². The number of para-hydroxylation sites is 1. The Labute approximate surface area is 210 Å². The number of aromatic nitrogens is 1. The van der Waals surface area contributed by atoms with E-state index in [2.05, 4.69) is 42.9 Å². The first-order valence-electron chi connectivity index (χ1n) is 9.03. The minimum absolute atomic E-state index is 0.417. The van der Waals surface area contributed by atoms with Crippen molar-refractivity contribution in [1.29, 1.82) is 5.26 Å². The maximum atomic E-state index is 9.63. The predicted molar refractivity (Wildman–Crippen MR) is 137 cm³/mol. The highest BCUT2D eigenvalue weighted by atomic mass is 79.9. The number of nitriles is 1. The van der Waals surface area contributed by atoms with Crippen LogP contribution in [-0.2, 0) is 6.61 Å². The lowest BCUT2D eigenvalue weighted by molar-refractivity contribution is 0.302. The van der Waals surface area contributed by atoms with Gasteiger partial charge in [0.25, 0.3) is 0 Å². The van der Waals surface area contributed by atoms with Crippen LogP contribution in [0.3, 0.4) is 0 Å². The zero-order valence-electron chi connectivity index (χ0n) is 15.8. The van der Waals surface area contributed by atoms with Crippen molar-refractivity contribution < 1.29 is 4.74 Å². The van der Waals surface area contributed by atoms with Crippen molar-refractivity contribution in [1.82, 2.24) is 4.98 Å². The quantitative estimate of drug-likeness (QED) is 0.166. The monoisotopic (exact) mass is 590 g/mol. The Morgan fingerprint density at radius 1 is 1.13 bits per heavy atom. The van der Waals surface area contributed by atoms with Gasteiger partial charge in [-0.15, -0.1) is 11.3 Å². The molecule has 31 heavy (non-hydrogen) atoms. The normalized spacial score (nSPS) is 11.5. The lowest BCUT2D eigenvalue weighted by atomic mass is 10.2. The van der Waals surface area contributed by atoms with Crippen LogP contribution in [0.1, 0.15) is 11.1 Å². The number of nitrogens with zero attached hydrogens (tertiary/aromatic N) is 2. The summed E-state index contributed by atoms with van der Waals surface area (Å²) in [5, 5.41) is 10.3. The van der Waals surface area contributed by atoms with Gasteiger partial charge in [-0.25, -0.2) is 4.98 Å². The molecule has 154 valence electrons. The summed E-state index contributed by atoms with van der Waals surface area (Å²) in [4.78, 5) is 5.16. The average Bonchev–Trinajstić information content (AvgIpc) is 3.16. The Kier molecular flexibility index (Phi) is 7.36. The summed E-state index contributed by atoms with van der Waals surface area (Å²) in [5.41, 5.74) is 2.84. The van der Waals surface area contributed by atoms with Crippen molar-refractivity contribution in [2.24, 2.45) is 0 Å². The first kappa shape index (κ1) is 22.4. The Hall–Kier alpha value is -1.82. The summed E-state index contributed by atoms with van der Waals surface area (Å²) in [6.45, 7) is 0.417. The van der Waals surface area contributed by atoms with E-state index in [0.29, 0.717) is 22.3 Å². The molecule has 0 fully saturated rings. The van der Waals surface area contributed by atoms with Gasteiger partial charge in [0.05, 0.1) is 24.1 Å². The molecule has 1 aromatic heterocycles. The molecule has 0 amide bonds. The standard InChI is InChI=1S/C23H13Br2ClN2OS2/c24-18-10-15(11-19(25)22(18)29-13-14-5-7-16(26)8-6-14)9-17(12-27)30-23-28-20-3-1-2-4-21(20)31-23/h1-11H,13H2/b17-9+. The van der Waals surface area contributed by atoms with Gasteiger partial charge in [0.15, 0.2) is 4.34 Å². The van der Waals surface area contributed by atoms with Crippen LogP contribution in [0.2, 0.25) is 5.02 Å². The molecule has 4 rings (SSSR count). The van der Waals surface area contributed by atoms with Crippen molar-refractivity contribution in [3.05, 3.63) is 90.7 Å². The highest BCUT2D eigenvalue weighted by Crippen LogP contribution is 2.38. The van der Waals surface area contributed by atoms with Gasteiger partial charge in [-0.2, -0.15) is 5.26 Å². The third kappa shape index (κ3) is 5.71. The number of benzene rings is 3. The predicted octanol–water partition coefficient (Wildman–Crippen LogP) is 8.71. The van der Waals surface area contributed by atoms with Gasteiger partial charge in [-0.05, 0) is 97.2 Å². The molecule has 0 aliphatic rings. The van der Waals surface area contributed by atoms with E-state index in [9.17, 15) is 5.26 Å². The molecule has 0 unspecified atom stereocenters. The third-order valence-corrected chi connectivity index (χ3v) is 7.65. The van der Waals surface area contributed by atoms with Crippen LogP contribution >= 0.6 is 66.6 Å². The lowest BCUT2D eigenvalue weighted by Gasteiger charge is -2.12. The fourth-order valence-corrected chi connectivity index (χ4v) is 6.31. The number of halogens is 3. The van der Waals surface area contributed by atoms with Crippen LogP contribution in [0.5, 0.6) is 5.75 Å². The van der Waals surface area contributed by atoms with Gasteiger partial charge < -0.3 is 4.74 Å². The molecule has 3 nitrogen and oxygen atoms in total. The summed E-state index contributed by atoms with van der Waals surface area (Å²) in [6, 6.07) is 21.6. The summed E-state index contributed by atoms with van der Waals surface area (Å²) >= 11 is 16.0. The second kappa shape index (κ2) is 10.2. The van der Waals surface area contributed by atoms with E-state index in [1.165, 1.54) is 11.8 Å². The van der Waals surface area contributed by atoms with Gasteiger partial charge in [0.1, 0.15) is 18.4 Å². The van der Waals surface area contributed by atoms with Crippen molar-refractivity contribution in [2.45, 2.75) is 10.9 Å². The molecule has 0 saturated heterocycles. The minimum atomic E-state index is 0.417. The van der Waals surface area contributed by atoms with Crippen molar-refractivity contribution in [2.75, 3.05) is 0 Å². The maximum Gasteiger partial charge on any atom is 0.156 e. The second-order valence-corrected chi connectivity index (χ2v) is 10.9. The number of hydrogen-bond donors (Lipinski definition) is 0. The Bertz CT molecular complexity index is 1260. The number of hydrogen-bond acceptors (Lipinski definition) is 5. The molecule has 0 radical (unpaired) electrons. The zero-order chi connectivity index (χ0) is 21.8. The topological polar surface area (TPSA) is 45.9 Å². The molecule has 1 heterocycles. The molecule has 0 aliphatic heterocycles. The van der Waals surface area contributed by atoms with Crippen LogP contribution in [0, 0.1) is 11.3 Å². The van der Waals surface area contributed by atoms with Crippen molar-refractivity contribution >= 4 is 82.9 Å². The highest BCUT2D eigenvalue weighted by molar-refractivity contribution is 9.11. The van der Waals surface area contributed by atoms with Crippen molar-refractivity contribution in [3.63, 3.8) is 0 Å². The molecular weight excluding hydrogens is 580 g/mol. The van der Waals surface area contributed by atoms with Gasteiger partial charge in [0, 0.05) is 5.02 Å². The van der Waals surface area contributed by atoms with E-state index in [-0.39, 0.29) is 0 Å². The maximum absolute atomic E-state index is 9.63. The number of allylic oxidation sites excluding steroid dienone is 1. The molecule has 0 saturated carbocycles. The van der Waals surface area contributed by atoms with Gasteiger partial charge in [-0.1, -0.05) is 35.9 Å². The van der Waals surface area contributed by atoms with Gasteiger partial charge >= 0.3 is 0 Å². The van der Waals surface area contributed by atoms with Gasteiger partial charge in [-0.3, -0.25) is 0 Å². The highest BCUT2D eigenvalue weighted by Gasteiger charge is 2.11. The first-order chi connectivity index (χ1) is 15.0. The molecule has 0 N–H and O–H groups in total. The fraction of sp³-hybridized carbons (Fsp3) is 0.0435. The van der Waals surface area contributed by atoms with Crippen LogP contribution in [0.15, 0.2) is 78.9 Å². The zero-order valence-corrected chi connectivity index (χ0v) is 21.4. The Morgan fingerprint density at radius 3 is 2.52 bits per heavy atom. The number of thiazole rings is 1. The second-order valence-electron chi connectivity index (χ2n) is 6.40. The van der Waals surface area contributed by atoms with E-state index in [0.717, 1.165) is 34.6 Å². The van der Waals surface area contributed by atoms with Crippen LogP contribution in [0.4, 0.5) is 0 Å². The number of fused-ring (bicyclic) bond motifs is 1. The molecule has 0 bridgehead atoms. The minimum Gasteiger partial charge on any atom is -0.487 e. The first-order valence-corrected chi connectivity index (χ1v) is 12.6. The number of thioether (sulfide) groups is 1. The average molecular weight is 593 g/mol. The van der Waals surface area contributed by atoms with Crippen LogP contribution < -0.4 is 4.74 Å². The van der Waals surface area contributed by atoms with E-state index in [1.54, 1.807) is 11.3 Å².